The molecule has 27 heavy (non-hydrogen) atoms. The van der Waals surface area contributed by atoms with Crippen molar-refractivity contribution < 1.29 is 19.1 Å². The highest BCUT2D eigenvalue weighted by molar-refractivity contribution is 5.90. The molecule has 4 rings (SSSR count). The summed E-state index contributed by atoms with van der Waals surface area (Å²) in [5, 5.41) is 5.63. The van der Waals surface area contributed by atoms with Crippen molar-refractivity contribution in [2.75, 3.05) is 40.4 Å². The standard InChI is InChI=1S/C20H33N3O4/c1-23(13-17(24)21-4-3-5-27-2)18(25)12-22-19(26)20-9-14-6-15(10-20)8-16(7-14)11-20/h14-16H,3-13H2,1-2H3,(H,21,24)(H,22,26). The minimum atomic E-state index is -0.244. The number of methoxy groups -OCH3 is 1. The lowest BCUT2D eigenvalue weighted by atomic mass is 9.49. The molecule has 0 saturated heterocycles. The molecule has 0 aromatic carbocycles. The smallest absolute Gasteiger partial charge is 0.242 e. The average molecular weight is 380 g/mol. The lowest BCUT2D eigenvalue weighted by Crippen LogP contribution is -2.54. The van der Waals surface area contributed by atoms with Gasteiger partial charge in [0.1, 0.15) is 0 Å². The summed E-state index contributed by atoms with van der Waals surface area (Å²) >= 11 is 0. The molecule has 0 aromatic rings. The van der Waals surface area contributed by atoms with Crippen LogP contribution in [0.4, 0.5) is 0 Å². The molecule has 4 saturated carbocycles. The number of carbonyl (C=O) groups is 3. The number of likely N-dealkylation sites (N-methyl/N-ethyl adjacent to an activating group) is 1. The van der Waals surface area contributed by atoms with Crippen LogP contribution in [0.3, 0.4) is 0 Å². The maximum atomic E-state index is 12.9. The summed E-state index contributed by atoms with van der Waals surface area (Å²) in [5.41, 5.74) is -0.244. The van der Waals surface area contributed by atoms with Gasteiger partial charge < -0.3 is 20.3 Å². The molecule has 2 N–H and O–H groups in total. The number of amides is 3. The van der Waals surface area contributed by atoms with Crippen molar-refractivity contribution in [3.8, 4) is 0 Å². The minimum Gasteiger partial charge on any atom is -0.385 e. The van der Waals surface area contributed by atoms with Gasteiger partial charge in [-0.05, 0) is 62.7 Å². The van der Waals surface area contributed by atoms with Gasteiger partial charge in [0, 0.05) is 32.7 Å². The zero-order valence-corrected chi connectivity index (χ0v) is 16.6. The summed E-state index contributed by atoms with van der Waals surface area (Å²) in [5.74, 6) is 1.70. The normalized spacial score (nSPS) is 30.8. The Morgan fingerprint density at radius 1 is 1.04 bits per heavy atom. The molecule has 0 aliphatic heterocycles. The second-order valence-electron chi connectivity index (χ2n) is 8.83. The van der Waals surface area contributed by atoms with E-state index in [0.717, 1.165) is 25.7 Å². The second kappa shape index (κ2) is 8.59. The van der Waals surface area contributed by atoms with Crippen molar-refractivity contribution in [2.24, 2.45) is 23.2 Å². The maximum Gasteiger partial charge on any atom is 0.242 e. The van der Waals surface area contributed by atoms with Gasteiger partial charge in [0.15, 0.2) is 0 Å². The van der Waals surface area contributed by atoms with Gasteiger partial charge >= 0.3 is 0 Å². The van der Waals surface area contributed by atoms with Crippen LogP contribution in [0.2, 0.25) is 0 Å². The Kier molecular flexibility index (Phi) is 6.40. The fourth-order valence-electron chi connectivity index (χ4n) is 5.67. The van der Waals surface area contributed by atoms with E-state index in [1.807, 2.05) is 0 Å². The second-order valence-corrected chi connectivity index (χ2v) is 8.83. The fourth-order valence-corrected chi connectivity index (χ4v) is 5.67. The van der Waals surface area contributed by atoms with E-state index in [1.165, 1.54) is 24.2 Å². The number of rotatable bonds is 9. The van der Waals surface area contributed by atoms with Crippen LogP contribution in [0, 0.1) is 23.2 Å². The Hall–Kier alpha value is -1.63. The predicted molar refractivity (Wildman–Crippen MR) is 101 cm³/mol. The fraction of sp³-hybridized carbons (Fsp3) is 0.850. The Balaban J connectivity index is 1.41. The van der Waals surface area contributed by atoms with Crippen LogP contribution >= 0.6 is 0 Å². The summed E-state index contributed by atoms with van der Waals surface area (Å²) in [6, 6.07) is 0. The first-order valence-electron chi connectivity index (χ1n) is 10.2. The first-order chi connectivity index (χ1) is 12.9. The summed E-state index contributed by atoms with van der Waals surface area (Å²) in [7, 11) is 3.21. The zero-order chi connectivity index (χ0) is 19.4. The number of nitrogens with zero attached hydrogens (tertiary/aromatic N) is 1. The molecule has 152 valence electrons. The van der Waals surface area contributed by atoms with E-state index in [0.29, 0.717) is 30.9 Å². The Morgan fingerprint density at radius 2 is 1.63 bits per heavy atom. The molecule has 0 spiro atoms. The van der Waals surface area contributed by atoms with E-state index in [1.54, 1.807) is 14.2 Å². The van der Waals surface area contributed by atoms with Gasteiger partial charge in [0.2, 0.25) is 17.7 Å². The third kappa shape index (κ3) is 4.81. The molecule has 4 bridgehead atoms. The summed E-state index contributed by atoms with van der Waals surface area (Å²) in [4.78, 5) is 38.4. The minimum absolute atomic E-state index is 0.000941. The van der Waals surface area contributed by atoms with Crippen LogP contribution in [0.1, 0.15) is 44.9 Å². The number of hydrogen-bond acceptors (Lipinski definition) is 4. The molecule has 0 heterocycles. The van der Waals surface area contributed by atoms with E-state index in [2.05, 4.69) is 10.6 Å². The number of carbonyl (C=O) groups excluding carboxylic acids is 3. The highest BCUT2D eigenvalue weighted by Crippen LogP contribution is 2.60. The largest absolute Gasteiger partial charge is 0.385 e. The molecular weight excluding hydrogens is 346 g/mol. The van der Waals surface area contributed by atoms with Gasteiger partial charge in [0.25, 0.3) is 0 Å². The van der Waals surface area contributed by atoms with E-state index in [-0.39, 0.29) is 36.2 Å². The van der Waals surface area contributed by atoms with Gasteiger partial charge in [-0.1, -0.05) is 0 Å². The molecule has 3 amide bonds. The van der Waals surface area contributed by atoms with Gasteiger partial charge in [-0.15, -0.1) is 0 Å². The number of ether oxygens (including phenoxy) is 1. The highest BCUT2D eigenvalue weighted by Gasteiger charge is 2.54. The van der Waals surface area contributed by atoms with Crippen molar-refractivity contribution in [3.05, 3.63) is 0 Å². The van der Waals surface area contributed by atoms with Gasteiger partial charge in [0.05, 0.1) is 13.1 Å². The quantitative estimate of drug-likeness (QED) is 0.584. The third-order valence-corrected chi connectivity index (χ3v) is 6.57. The molecule has 7 nitrogen and oxygen atoms in total. The zero-order valence-electron chi connectivity index (χ0n) is 16.6. The molecule has 7 heteroatoms. The van der Waals surface area contributed by atoms with Crippen LogP contribution in [0.15, 0.2) is 0 Å². The summed E-state index contributed by atoms with van der Waals surface area (Å²) in [6.07, 6.45) is 7.55. The third-order valence-electron chi connectivity index (χ3n) is 6.57. The topological polar surface area (TPSA) is 87.7 Å². The summed E-state index contributed by atoms with van der Waals surface area (Å²) in [6.45, 7) is 1.08. The highest BCUT2D eigenvalue weighted by atomic mass is 16.5. The molecule has 0 aromatic heterocycles. The van der Waals surface area contributed by atoms with Gasteiger partial charge in [-0.25, -0.2) is 0 Å². The van der Waals surface area contributed by atoms with Crippen molar-refractivity contribution in [1.82, 2.24) is 15.5 Å². The van der Waals surface area contributed by atoms with Crippen molar-refractivity contribution in [3.63, 3.8) is 0 Å². The predicted octanol–water partition coefficient (Wildman–Crippen LogP) is 0.930. The molecule has 0 atom stereocenters. The van der Waals surface area contributed by atoms with Crippen molar-refractivity contribution in [2.45, 2.75) is 44.9 Å². The van der Waals surface area contributed by atoms with Crippen LogP contribution < -0.4 is 10.6 Å². The number of hydrogen-bond donors (Lipinski definition) is 2. The molecule has 4 fully saturated rings. The molecule has 4 aliphatic carbocycles. The summed E-state index contributed by atoms with van der Waals surface area (Å²) < 4.78 is 4.93. The first kappa shape index (κ1) is 20.1. The van der Waals surface area contributed by atoms with Crippen LogP contribution in [0.5, 0.6) is 0 Å². The lowest BCUT2D eigenvalue weighted by molar-refractivity contribution is -0.148. The van der Waals surface area contributed by atoms with Crippen LogP contribution in [0.25, 0.3) is 0 Å². The molecule has 0 unspecified atom stereocenters. The number of nitrogens with one attached hydrogen (secondary N) is 2. The first-order valence-corrected chi connectivity index (χ1v) is 10.2. The molecule has 0 radical (unpaired) electrons. The molecular formula is C20H33N3O4. The van der Waals surface area contributed by atoms with Crippen LogP contribution in [-0.4, -0.2) is 63.0 Å². The van der Waals surface area contributed by atoms with E-state index < -0.39 is 0 Å². The maximum absolute atomic E-state index is 12.9. The Bertz CT molecular complexity index is 542. The Morgan fingerprint density at radius 3 is 2.19 bits per heavy atom. The molecule has 4 aliphatic rings. The SMILES string of the molecule is COCCCNC(=O)CN(C)C(=O)CNC(=O)C12CC3CC(CC(C3)C1)C2. The monoisotopic (exact) mass is 379 g/mol. The average Bonchev–Trinajstić information content (AvgIpc) is 2.61. The van der Waals surface area contributed by atoms with Gasteiger partial charge in [-0.3, -0.25) is 14.4 Å². The van der Waals surface area contributed by atoms with Gasteiger partial charge in [-0.2, -0.15) is 0 Å². The van der Waals surface area contributed by atoms with E-state index in [4.69, 9.17) is 4.74 Å². The van der Waals surface area contributed by atoms with Crippen molar-refractivity contribution in [1.29, 1.82) is 0 Å². The van der Waals surface area contributed by atoms with E-state index in [9.17, 15) is 14.4 Å². The van der Waals surface area contributed by atoms with Crippen LogP contribution in [-0.2, 0) is 19.1 Å². The lowest BCUT2D eigenvalue weighted by Gasteiger charge is -2.55. The van der Waals surface area contributed by atoms with Crippen molar-refractivity contribution >= 4 is 17.7 Å². The Labute approximate surface area is 161 Å². The van der Waals surface area contributed by atoms with E-state index >= 15 is 0 Å².